The summed E-state index contributed by atoms with van der Waals surface area (Å²) in [5, 5.41) is 10.4. The fourth-order valence-corrected chi connectivity index (χ4v) is 3.35. The molecule has 2 aliphatic carbocycles. The minimum absolute atomic E-state index is 0.127. The van der Waals surface area contributed by atoms with Crippen LogP contribution in [0.1, 0.15) is 51.4 Å². The summed E-state index contributed by atoms with van der Waals surface area (Å²) in [5.74, 6) is 1.60. The van der Waals surface area contributed by atoms with Crippen LogP contribution in [0.25, 0.3) is 0 Å². The first kappa shape index (κ1) is 14.6. The van der Waals surface area contributed by atoms with E-state index in [1.54, 1.807) is 17.4 Å². The van der Waals surface area contributed by atoms with Gasteiger partial charge in [-0.3, -0.25) is 9.69 Å². The number of nitrogens with zero attached hydrogens (tertiary/aromatic N) is 2. The van der Waals surface area contributed by atoms with Crippen LogP contribution in [-0.2, 0) is 4.79 Å². The fourth-order valence-electron chi connectivity index (χ4n) is 3.35. The zero-order valence-electron chi connectivity index (χ0n) is 12.5. The van der Waals surface area contributed by atoms with Crippen molar-refractivity contribution >= 4 is 11.7 Å². The van der Waals surface area contributed by atoms with E-state index in [1.165, 1.54) is 32.1 Å². The summed E-state index contributed by atoms with van der Waals surface area (Å²) in [6.07, 6.45) is 11.9. The van der Waals surface area contributed by atoms with E-state index in [2.05, 4.69) is 9.97 Å². The van der Waals surface area contributed by atoms with Crippen LogP contribution in [0.15, 0.2) is 12.5 Å². The summed E-state index contributed by atoms with van der Waals surface area (Å²) in [7, 11) is 0. The molecule has 1 aromatic rings. The Morgan fingerprint density at radius 3 is 2.71 bits per heavy atom. The van der Waals surface area contributed by atoms with Gasteiger partial charge in [0.1, 0.15) is 5.82 Å². The Kier molecular flexibility index (Phi) is 4.58. The summed E-state index contributed by atoms with van der Waals surface area (Å²) in [4.78, 5) is 21.1. The SMILES string of the molecule is O=C(C1CC1)N(C[C@@H](O)CC1CCCCC1)c1cnc[nH]1. The Balaban J connectivity index is 1.59. The predicted molar refractivity (Wildman–Crippen MR) is 80.9 cm³/mol. The molecule has 2 aliphatic rings. The minimum atomic E-state index is -0.445. The number of aliphatic hydroxyl groups excluding tert-OH is 1. The lowest BCUT2D eigenvalue weighted by atomic mass is 9.85. The van der Waals surface area contributed by atoms with E-state index in [9.17, 15) is 9.90 Å². The van der Waals surface area contributed by atoms with Crippen molar-refractivity contribution in [3.05, 3.63) is 12.5 Å². The third-order valence-corrected chi connectivity index (χ3v) is 4.69. The Morgan fingerprint density at radius 2 is 2.10 bits per heavy atom. The molecule has 2 N–H and O–H groups in total. The van der Waals surface area contributed by atoms with E-state index in [-0.39, 0.29) is 11.8 Å². The molecule has 1 heterocycles. The molecular formula is C16H25N3O2. The molecular weight excluding hydrogens is 266 g/mol. The van der Waals surface area contributed by atoms with E-state index in [0.717, 1.165) is 19.3 Å². The fraction of sp³-hybridized carbons (Fsp3) is 0.750. The van der Waals surface area contributed by atoms with Crippen molar-refractivity contribution in [2.45, 2.75) is 57.5 Å². The number of rotatable bonds is 6. The number of anilines is 1. The van der Waals surface area contributed by atoms with E-state index >= 15 is 0 Å². The highest BCUT2D eigenvalue weighted by Crippen LogP contribution is 2.33. The predicted octanol–water partition coefficient (Wildman–Crippen LogP) is 2.48. The van der Waals surface area contributed by atoms with Gasteiger partial charge in [-0.15, -0.1) is 0 Å². The highest BCUT2D eigenvalue weighted by molar-refractivity contribution is 5.95. The number of aromatic nitrogens is 2. The molecule has 0 spiro atoms. The normalized spacial score (nSPS) is 21.2. The topological polar surface area (TPSA) is 69.2 Å². The largest absolute Gasteiger partial charge is 0.391 e. The standard InChI is InChI=1S/C16H25N3O2/c20-14(8-12-4-2-1-3-5-12)10-19(15-9-17-11-18-15)16(21)13-6-7-13/h9,11-14,20H,1-8,10H2,(H,17,18)/t14-/m0/s1. The number of aliphatic hydroxyl groups is 1. The average molecular weight is 291 g/mol. The van der Waals surface area contributed by atoms with E-state index < -0.39 is 6.10 Å². The Morgan fingerprint density at radius 1 is 1.33 bits per heavy atom. The van der Waals surface area contributed by atoms with Gasteiger partial charge in [0.05, 0.1) is 25.2 Å². The third kappa shape index (κ3) is 3.84. The molecule has 3 rings (SSSR count). The molecule has 0 saturated heterocycles. The molecule has 5 heteroatoms. The molecule has 1 aromatic heterocycles. The number of carbonyl (C=O) groups excluding carboxylic acids is 1. The molecule has 2 fully saturated rings. The van der Waals surface area contributed by atoms with Crippen molar-refractivity contribution in [3.8, 4) is 0 Å². The first-order chi connectivity index (χ1) is 10.2. The van der Waals surface area contributed by atoms with E-state index in [1.807, 2.05) is 0 Å². The summed E-state index contributed by atoms with van der Waals surface area (Å²) in [6, 6.07) is 0. The summed E-state index contributed by atoms with van der Waals surface area (Å²) in [6.45, 7) is 0.383. The van der Waals surface area contributed by atoms with Crippen LogP contribution in [-0.4, -0.2) is 33.6 Å². The number of imidazole rings is 1. The molecule has 0 bridgehead atoms. The van der Waals surface area contributed by atoms with Gasteiger partial charge in [-0.1, -0.05) is 32.1 Å². The van der Waals surface area contributed by atoms with Gasteiger partial charge in [0.25, 0.3) is 0 Å². The first-order valence-corrected chi connectivity index (χ1v) is 8.22. The van der Waals surface area contributed by atoms with Gasteiger partial charge in [-0.25, -0.2) is 4.98 Å². The number of nitrogens with one attached hydrogen (secondary N) is 1. The molecule has 2 saturated carbocycles. The van der Waals surface area contributed by atoms with Gasteiger partial charge in [0, 0.05) is 5.92 Å². The second-order valence-corrected chi connectivity index (χ2v) is 6.55. The van der Waals surface area contributed by atoms with Crippen molar-refractivity contribution < 1.29 is 9.90 Å². The number of H-pyrrole nitrogens is 1. The Hall–Kier alpha value is -1.36. The van der Waals surface area contributed by atoms with E-state index in [0.29, 0.717) is 18.3 Å². The highest BCUT2D eigenvalue weighted by Gasteiger charge is 2.35. The van der Waals surface area contributed by atoms with Gasteiger partial charge < -0.3 is 10.1 Å². The maximum atomic E-state index is 12.4. The van der Waals surface area contributed by atoms with Gasteiger partial charge in [0.2, 0.25) is 5.91 Å². The number of hydrogen-bond donors (Lipinski definition) is 2. The van der Waals surface area contributed by atoms with Crippen LogP contribution in [0.2, 0.25) is 0 Å². The summed E-state index contributed by atoms with van der Waals surface area (Å²) >= 11 is 0. The van der Waals surface area contributed by atoms with Crippen molar-refractivity contribution in [3.63, 3.8) is 0 Å². The third-order valence-electron chi connectivity index (χ3n) is 4.69. The van der Waals surface area contributed by atoms with E-state index in [4.69, 9.17) is 0 Å². The van der Waals surface area contributed by atoms with Crippen molar-refractivity contribution in [1.29, 1.82) is 0 Å². The van der Waals surface area contributed by atoms with Crippen molar-refractivity contribution in [2.24, 2.45) is 11.8 Å². The lowest BCUT2D eigenvalue weighted by molar-refractivity contribution is -0.120. The van der Waals surface area contributed by atoms with Crippen molar-refractivity contribution in [1.82, 2.24) is 9.97 Å². The molecule has 1 atom stereocenters. The average Bonchev–Trinajstić information content (AvgIpc) is 3.21. The number of hydrogen-bond acceptors (Lipinski definition) is 3. The van der Waals surface area contributed by atoms with Gasteiger partial charge >= 0.3 is 0 Å². The van der Waals surface area contributed by atoms with Gasteiger partial charge in [-0.05, 0) is 25.2 Å². The lowest BCUT2D eigenvalue weighted by Crippen LogP contribution is -2.39. The maximum absolute atomic E-state index is 12.4. The zero-order chi connectivity index (χ0) is 14.7. The summed E-state index contributed by atoms with van der Waals surface area (Å²) in [5.41, 5.74) is 0. The Bertz CT molecular complexity index is 450. The quantitative estimate of drug-likeness (QED) is 0.846. The molecule has 0 radical (unpaired) electrons. The maximum Gasteiger partial charge on any atom is 0.231 e. The monoisotopic (exact) mass is 291 g/mol. The number of aromatic amines is 1. The minimum Gasteiger partial charge on any atom is -0.391 e. The molecule has 0 aromatic carbocycles. The number of amides is 1. The van der Waals surface area contributed by atoms with Gasteiger partial charge in [0.15, 0.2) is 0 Å². The van der Waals surface area contributed by atoms with Crippen LogP contribution in [0.3, 0.4) is 0 Å². The molecule has 116 valence electrons. The highest BCUT2D eigenvalue weighted by atomic mass is 16.3. The van der Waals surface area contributed by atoms with Crippen LogP contribution in [0, 0.1) is 11.8 Å². The van der Waals surface area contributed by atoms with Gasteiger partial charge in [-0.2, -0.15) is 0 Å². The zero-order valence-corrected chi connectivity index (χ0v) is 12.5. The molecule has 5 nitrogen and oxygen atoms in total. The smallest absolute Gasteiger partial charge is 0.231 e. The molecule has 21 heavy (non-hydrogen) atoms. The number of carbonyl (C=O) groups is 1. The summed E-state index contributed by atoms with van der Waals surface area (Å²) < 4.78 is 0. The van der Waals surface area contributed by atoms with Crippen LogP contribution >= 0.6 is 0 Å². The lowest BCUT2D eigenvalue weighted by Gasteiger charge is -2.28. The molecule has 0 aliphatic heterocycles. The van der Waals surface area contributed by atoms with Crippen molar-refractivity contribution in [2.75, 3.05) is 11.4 Å². The second-order valence-electron chi connectivity index (χ2n) is 6.55. The second kappa shape index (κ2) is 6.60. The van der Waals surface area contributed by atoms with Crippen LogP contribution in [0.5, 0.6) is 0 Å². The Labute approximate surface area is 125 Å². The van der Waals surface area contributed by atoms with Crippen LogP contribution in [0.4, 0.5) is 5.82 Å². The first-order valence-electron chi connectivity index (χ1n) is 8.22. The van der Waals surface area contributed by atoms with Crippen LogP contribution < -0.4 is 4.90 Å². The molecule has 1 amide bonds. The molecule has 0 unspecified atom stereocenters.